The molecule has 2 aliphatic rings. The standard InChI is InChI=1S/C22H24ClN5O4S/c23-16-4-6-18(27-9-11-32-12-10-27)17(14-16)24-22(33)25-21(29)15-3-5-19(20(13-15)28(30)31)26-7-1-2-8-26/h3-6,13-14H,1-2,7-12H2,(H2,24,25,29,33). The van der Waals surface area contributed by atoms with Gasteiger partial charge in [-0.1, -0.05) is 11.6 Å². The third-order valence-electron chi connectivity index (χ3n) is 5.67. The lowest BCUT2D eigenvalue weighted by Crippen LogP contribution is -2.38. The van der Waals surface area contributed by atoms with Crippen LogP contribution in [-0.2, 0) is 4.74 Å². The lowest BCUT2D eigenvalue weighted by atomic mass is 10.1. The predicted octanol–water partition coefficient (Wildman–Crippen LogP) is 3.81. The van der Waals surface area contributed by atoms with Crippen molar-refractivity contribution in [2.24, 2.45) is 0 Å². The molecule has 0 saturated carbocycles. The van der Waals surface area contributed by atoms with Crippen molar-refractivity contribution >= 4 is 57.6 Å². The Labute approximate surface area is 201 Å². The first-order valence-corrected chi connectivity index (χ1v) is 11.5. The molecule has 33 heavy (non-hydrogen) atoms. The average Bonchev–Trinajstić information content (AvgIpc) is 3.34. The van der Waals surface area contributed by atoms with Crippen molar-refractivity contribution in [3.05, 3.63) is 57.1 Å². The van der Waals surface area contributed by atoms with Gasteiger partial charge in [-0.3, -0.25) is 20.2 Å². The van der Waals surface area contributed by atoms with Crippen LogP contribution in [0.15, 0.2) is 36.4 Å². The van der Waals surface area contributed by atoms with Gasteiger partial charge in [-0.15, -0.1) is 0 Å². The summed E-state index contributed by atoms with van der Waals surface area (Å²) in [6.45, 7) is 4.23. The largest absolute Gasteiger partial charge is 0.378 e. The first-order chi connectivity index (χ1) is 15.9. The van der Waals surface area contributed by atoms with Crippen LogP contribution in [0.25, 0.3) is 0 Å². The molecule has 2 aromatic carbocycles. The van der Waals surface area contributed by atoms with E-state index in [4.69, 9.17) is 28.6 Å². The number of carbonyl (C=O) groups excluding carboxylic acids is 1. The highest BCUT2D eigenvalue weighted by atomic mass is 35.5. The molecular formula is C22H24ClN5O4S. The second-order valence-corrected chi connectivity index (χ2v) is 8.67. The van der Waals surface area contributed by atoms with Gasteiger partial charge in [-0.2, -0.15) is 0 Å². The Morgan fingerprint density at radius 1 is 1.03 bits per heavy atom. The molecule has 0 spiro atoms. The number of halogens is 1. The summed E-state index contributed by atoms with van der Waals surface area (Å²) >= 11 is 11.5. The molecule has 2 N–H and O–H groups in total. The highest BCUT2D eigenvalue weighted by Crippen LogP contribution is 2.32. The maximum atomic E-state index is 12.8. The summed E-state index contributed by atoms with van der Waals surface area (Å²) < 4.78 is 5.41. The number of anilines is 3. The van der Waals surface area contributed by atoms with E-state index >= 15 is 0 Å². The molecule has 9 nitrogen and oxygen atoms in total. The van der Waals surface area contributed by atoms with Crippen LogP contribution in [0, 0.1) is 10.1 Å². The molecule has 174 valence electrons. The number of nitro benzene ring substituents is 1. The van der Waals surface area contributed by atoms with E-state index in [1.54, 1.807) is 24.3 Å². The molecule has 2 aliphatic heterocycles. The number of amides is 1. The number of benzene rings is 2. The summed E-state index contributed by atoms with van der Waals surface area (Å²) in [5.41, 5.74) is 2.15. The minimum Gasteiger partial charge on any atom is -0.378 e. The van der Waals surface area contributed by atoms with Gasteiger partial charge in [0.2, 0.25) is 0 Å². The fourth-order valence-corrected chi connectivity index (χ4v) is 4.43. The lowest BCUT2D eigenvalue weighted by molar-refractivity contribution is -0.384. The molecular weight excluding hydrogens is 466 g/mol. The quantitative estimate of drug-likeness (QED) is 0.371. The Morgan fingerprint density at radius 3 is 2.39 bits per heavy atom. The van der Waals surface area contributed by atoms with E-state index in [1.165, 1.54) is 6.07 Å². The number of thiocarbonyl (C=S) groups is 1. The average molecular weight is 490 g/mol. The normalized spacial score (nSPS) is 15.9. The molecule has 0 radical (unpaired) electrons. The van der Waals surface area contributed by atoms with E-state index in [0.717, 1.165) is 44.7 Å². The number of nitrogens with zero attached hydrogens (tertiary/aromatic N) is 3. The van der Waals surface area contributed by atoms with Crippen LogP contribution >= 0.6 is 23.8 Å². The third-order valence-corrected chi connectivity index (χ3v) is 6.11. The number of hydrogen-bond donors (Lipinski definition) is 2. The fourth-order valence-electron chi connectivity index (χ4n) is 4.05. The summed E-state index contributed by atoms with van der Waals surface area (Å²) in [7, 11) is 0. The summed E-state index contributed by atoms with van der Waals surface area (Å²) in [5, 5.41) is 17.9. The molecule has 0 aromatic heterocycles. The van der Waals surface area contributed by atoms with Gasteiger partial charge < -0.3 is 19.9 Å². The van der Waals surface area contributed by atoms with Crippen molar-refractivity contribution in [3.8, 4) is 0 Å². The van der Waals surface area contributed by atoms with E-state index in [0.29, 0.717) is 29.6 Å². The molecule has 0 aliphatic carbocycles. The van der Waals surface area contributed by atoms with Crippen LogP contribution in [0.2, 0.25) is 5.02 Å². The number of morpholine rings is 1. The fraction of sp³-hybridized carbons (Fsp3) is 0.364. The highest BCUT2D eigenvalue weighted by Gasteiger charge is 2.24. The molecule has 0 bridgehead atoms. The second-order valence-electron chi connectivity index (χ2n) is 7.82. The summed E-state index contributed by atoms with van der Waals surface area (Å²) in [6.07, 6.45) is 1.99. The van der Waals surface area contributed by atoms with Gasteiger partial charge in [0.05, 0.1) is 29.5 Å². The van der Waals surface area contributed by atoms with Gasteiger partial charge in [0.25, 0.3) is 11.6 Å². The Kier molecular flexibility index (Phi) is 7.26. The second kappa shape index (κ2) is 10.3. The molecule has 4 rings (SSSR count). The number of nitrogens with one attached hydrogen (secondary N) is 2. The van der Waals surface area contributed by atoms with Crippen LogP contribution < -0.4 is 20.4 Å². The first kappa shape index (κ1) is 23.2. The van der Waals surface area contributed by atoms with Gasteiger partial charge in [0.15, 0.2) is 5.11 Å². The monoisotopic (exact) mass is 489 g/mol. The predicted molar refractivity (Wildman–Crippen MR) is 133 cm³/mol. The van der Waals surface area contributed by atoms with E-state index in [1.807, 2.05) is 11.0 Å². The van der Waals surface area contributed by atoms with Crippen molar-refractivity contribution < 1.29 is 14.5 Å². The number of hydrogen-bond acceptors (Lipinski definition) is 7. The summed E-state index contributed by atoms with van der Waals surface area (Å²) in [4.78, 5) is 28.1. The lowest BCUT2D eigenvalue weighted by Gasteiger charge is -2.30. The van der Waals surface area contributed by atoms with Crippen molar-refractivity contribution in [3.63, 3.8) is 0 Å². The molecule has 2 aromatic rings. The zero-order valence-electron chi connectivity index (χ0n) is 17.9. The van der Waals surface area contributed by atoms with Crippen molar-refractivity contribution in [2.45, 2.75) is 12.8 Å². The summed E-state index contributed by atoms with van der Waals surface area (Å²) in [6, 6.07) is 9.92. The van der Waals surface area contributed by atoms with Gasteiger partial charge in [-0.25, -0.2) is 0 Å². The third kappa shape index (κ3) is 5.52. The summed E-state index contributed by atoms with van der Waals surface area (Å²) in [5.74, 6) is -0.529. The molecule has 1 amide bonds. The first-order valence-electron chi connectivity index (χ1n) is 10.7. The van der Waals surface area contributed by atoms with Gasteiger partial charge >= 0.3 is 0 Å². The Bertz CT molecular complexity index is 1070. The van der Waals surface area contributed by atoms with E-state index in [2.05, 4.69) is 15.5 Å². The van der Waals surface area contributed by atoms with Crippen LogP contribution in [-0.4, -0.2) is 55.3 Å². The zero-order chi connectivity index (χ0) is 23.4. The molecule has 2 fully saturated rings. The Balaban J connectivity index is 1.48. The van der Waals surface area contributed by atoms with Gasteiger partial charge in [0, 0.05) is 42.8 Å². The van der Waals surface area contributed by atoms with Gasteiger partial charge in [0.1, 0.15) is 5.69 Å². The Hall–Kier alpha value is -2.95. The van der Waals surface area contributed by atoms with E-state index < -0.39 is 10.8 Å². The van der Waals surface area contributed by atoms with Crippen molar-refractivity contribution in [1.82, 2.24) is 5.32 Å². The molecule has 0 atom stereocenters. The SMILES string of the molecule is O=C(NC(=S)Nc1cc(Cl)ccc1N1CCOCC1)c1ccc(N2CCCC2)c([N+](=O)[O-])c1. The maximum Gasteiger partial charge on any atom is 0.293 e. The number of carbonyl (C=O) groups is 1. The van der Waals surface area contributed by atoms with Crippen LogP contribution in [0.5, 0.6) is 0 Å². The smallest absolute Gasteiger partial charge is 0.293 e. The minimum atomic E-state index is -0.529. The van der Waals surface area contributed by atoms with Gasteiger partial charge in [-0.05, 0) is 55.4 Å². The Morgan fingerprint density at radius 2 is 1.70 bits per heavy atom. The minimum absolute atomic E-state index is 0.0723. The van der Waals surface area contributed by atoms with Crippen LogP contribution in [0.4, 0.5) is 22.7 Å². The van der Waals surface area contributed by atoms with Crippen molar-refractivity contribution in [1.29, 1.82) is 0 Å². The highest BCUT2D eigenvalue weighted by molar-refractivity contribution is 7.80. The molecule has 0 unspecified atom stereocenters. The molecule has 11 heteroatoms. The zero-order valence-corrected chi connectivity index (χ0v) is 19.5. The van der Waals surface area contributed by atoms with E-state index in [9.17, 15) is 14.9 Å². The topological polar surface area (TPSA) is 100.0 Å². The van der Waals surface area contributed by atoms with E-state index in [-0.39, 0.29) is 16.4 Å². The number of ether oxygens (including phenoxy) is 1. The van der Waals surface area contributed by atoms with Crippen molar-refractivity contribution in [2.75, 3.05) is 54.5 Å². The van der Waals surface area contributed by atoms with Crippen LogP contribution in [0.3, 0.4) is 0 Å². The molecule has 2 saturated heterocycles. The maximum absolute atomic E-state index is 12.8. The number of nitro groups is 1. The van der Waals surface area contributed by atoms with Crippen LogP contribution in [0.1, 0.15) is 23.2 Å². The molecule has 2 heterocycles. The number of rotatable bonds is 5.